The standard InChI is InChI=1S/C16H24N2O4S/c1-12-5-4-8-18(11-12)16(19)10-17-23(20,21)15-7-6-14(22-3)9-13(15)2/h6-7,9,12,17H,4-5,8,10-11H2,1-3H3. The van der Waals surface area contributed by atoms with Crippen molar-refractivity contribution in [2.75, 3.05) is 26.7 Å². The first kappa shape index (κ1) is 17.7. The topological polar surface area (TPSA) is 75.7 Å². The van der Waals surface area contributed by atoms with Crippen LogP contribution >= 0.6 is 0 Å². The van der Waals surface area contributed by atoms with Crippen LogP contribution in [0.15, 0.2) is 23.1 Å². The van der Waals surface area contributed by atoms with E-state index >= 15 is 0 Å². The van der Waals surface area contributed by atoms with Crippen molar-refractivity contribution in [3.63, 3.8) is 0 Å². The molecule has 1 fully saturated rings. The highest BCUT2D eigenvalue weighted by Gasteiger charge is 2.23. The number of benzene rings is 1. The van der Waals surface area contributed by atoms with Crippen molar-refractivity contribution in [2.24, 2.45) is 5.92 Å². The summed E-state index contributed by atoms with van der Waals surface area (Å²) >= 11 is 0. The maximum absolute atomic E-state index is 12.4. The van der Waals surface area contributed by atoms with Crippen LogP contribution in [0.5, 0.6) is 5.75 Å². The van der Waals surface area contributed by atoms with Gasteiger partial charge < -0.3 is 9.64 Å². The first-order chi connectivity index (χ1) is 10.8. The van der Waals surface area contributed by atoms with Crippen molar-refractivity contribution < 1.29 is 17.9 Å². The zero-order chi connectivity index (χ0) is 17.0. The number of aryl methyl sites for hydroxylation is 1. The molecule has 1 unspecified atom stereocenters. The van der Waals surface area contributed by atoms with Gasteiger partial charge in [-0.2, -0.15) is 0 Å². The summed E-state index contributed by atoms with van der Waals surface area (Å²) < 4.78 is 32.2. The molecule has 1 aromatic rings. The van der Waals surface area contributed by atoms with Crippen molar-refractivity contribution in [3.8, 4) is 5.75 Å². The zero-order valence-corrected chi connectivity index (χ0v) is 14.6. The normalized spacial score (nSPS) is 18.7. The fourth-order valence-electron chi connectivity index (χ4n) is 2.81. The molecular weight excluding hydrogens is 316 g/mol. The third kappa shape index (κ3) is 4.45. The van der Waals surface area contributed by atoms with Crippen molar-refractivity contribution in [1.82, 2.24) is 9.62 Å². The summed E-state index contributed by atoms with van der Waals surface area (Å²) in [4.78, 5) is 14.1. The van der Waals surface area contributed by atoms with Gasteiger partial charge in [-0.15, -0.1) is 0 Å². The molecular formula is C16H24N2O4S. The molecule has 1 aliphatic rings. The monoisotopic (exact) mass is 340 g/mol. The maximum Gasteiger partial charge on any atom is 0.241 e. The lowest BCUT2D eigenvalue weighted by atomic mass is 10.0. The van der Waals surface area contributed by atoms with E-state index in [1.165, 1.54) is 13.2 Å². The molecule has 0 aliphatic carbocycles. The average molecular weight is 340 g/mol. The number of sulfonamides is 1. The van der Waals surface area contributed by atoms with Crippen LogP contribution in [0.25, 0.3) is 0 Å². The first-order valence-corrected chi connectivity index (χ1v) is 9.24. The number of piperidine rings is 1. The second-order valence-electron chi connectivity index (χ2n) is 6.04. The lowest BCUT2D eigenvalue weighted by molar-refractivity contribution is -0.131. The zero-order valence-electron chi connectivity index (χ0n) is 13.8. The Balaban J connectivity index is 2.02. The fourth-order valence-corrected chi connectivity index (χ4v) is 4.01. The summed E-state index contributed by atoms with van der Waals surface area (Å²) in [6, 6.07) is 4.74. The Morgan fingerprint density at radius 2 is 2.17 bits per heavy atom. The second-order valence-corrected chi connectivity index (χ2v) is 7.78. The van der Waals surface area contributed by atoms with Gasteiger partial charge >= 0.3 is 0 Å². The van der Waals surface area contributed by atoms with Crippen LogP contribution in [-0.4, -0.2) is 46.0 Å². The number of nitrogens with zero attached hydrogens (tertiary/aromatic N) is 1. The Bertz CT molecular complexity index is 673. The third-order valence-corrected chi connectivity index (χ3v) is 5.66. The highest BCUT2D eigenvalue weighted by molar-refractivity contribution is 7.89. The fraction of sp³-hybridized carbons (Fsp3) is 0.562. The van der Waals surface area contributed by atoms with Crippen LogP contribution in [0.3, 0.4) is 0 Å². The molecule has 0 saturated carbocycles. The second kappa shape index (κ2) is 7.31. The Morgan fingerprint density at radius 3 is 2.78 bits per heavy atom. The van der Waals surface area contributed by atoms with Crippen LogP contribution in [-0.2, 0) is 14.8 Å². The third-order valence-electron chi connectivity index (χ3n) is 4.09. The number of hydrogen-bond donors (Lipinski definition) is 1. The predicted molar refractivity (Wildman–Crippen MR) is 87.9 cm³/mol. The highest BCUT2D eigenvalue weighted by atomic mass is 32.2. The van der Waals surface area contributed by atoms with E-state index in [0.29, 0.717) is 30.3 Å². The Hall–Kier alpha value is -1.60. The number of methoxy groups -OCH3 is 1. The minimum atomic E-state index is -3.72. The van der Waals surface area contributed by atoms with Gasteiger partial charge in [0.2, 0.25) is 15.9 Å². The van der Waals surface area contributed by atoms with Gasteiger partial charge in [-0.05, 0) is 49.4 Å². The molecule has 1 heterocycles. The molecule has 0 radical (unpaired) electrons. The van der Waals surface area contributed by atoms with Crippen molar-refractivity contribution in [2.45, 2.75) is 31.6 Å². The van der Waals surface area contributed by atoms with E-state index in [-0.39, 0.29) is 17.3 Å². The van der Waals surface area contributed by atoms with Gasteiger partial charge in [-0.1, -0.05) is 6.92 Å². The highest BCUT2D eigenvalue weighted by Crippen LogP contribution is 2.21. The van der Waals surface area contributed by atoms with Gasteiger partial charge in [-0.25, -0.2) is 13.1 Å². The van der Waals surface area contributed by atoms with Gasteiger partial charge in [0, 0.05) is 13.1 Å². The minimum absolute atomic E-state index is 0.165. The average Bonchev–Trinajstić information content (AvgIpc) is 2.52. The molecule has 1 atom stereocenters. The molecule has 128 valence electrons. The summed E-state index contributed by atoms with van der Waals surface area (Å²) in [6.07, 6.45) is 2.08. The number of amides is 1. The largest absolute Gasteiger partial charge is 0.497 e. The maximum atomic E-state index is 12.4. The lowest BCUT2D eigenvalue weighted by Gasteiger charge is -2.31. The Labute approximate surface area is 137 Å². The summed E-state index contributed by atoms with van der Waals surface area (Å²) in [5, 5.41) is 0. The van der Waals surface area contributed by atoms with Crippen LogP contribution in [0, 0.1) is 12.8 Å². The van der Waals surface area contributed by atoms with Crippen LogP contribution in [0.1, 0.15) is 25.3 Å². The number of ether oxygens (including phenoxy) is 1. The number of rotatable bonds is 5. The van der Waals surface area contributed by atoms with Crippen LogP contribution in [0.4, 0.5) is 0 Å². The van der Waals surface area contributed by atoms with Crippen molar-refractivity contribution in [3.05, 3.63) is 23.8 Å². The quantitative estimate of drug-likeness (QED) is 0.882. The predicted octanol–water partition coefficient (Wildman–Crippen LogP) is 1.54. The minimum Gasteiger partial charge on any atom is -0.497 e. The van der Waals surface area contributed by atoms with Gasteiger partial charge in [0.15, 0.2) is 0 Å². The molecule has 7 heteroatoms. The van der Waals surface area contributed by atoms with Gasteiger partial charge in [0.1, 0.15) is 5.75 Å². The molecule has 23 heavy (non-hydrogen) atoms. The van der Waals surface area contributed by atoms with Crippen molar-refractivity contribution in [1.29, 1.82) is 0 Å². The molecule has 0 aromatic heterocycles. The molecule has 6 nitrogen and oxygen atoms in total. The summed E-state index contributed by atoms with van der Waals surface area (Å²) in [5.74, 6) is 0.888. The molecule has 0 bridgehead atoms. The van der Waals surface area contributed by atoms with Crippen LogP contribution < -0.4 is 9.46 Å². The number of likely N-dealkylation sites (tertiary alicyclic amines) is 1. The SMILES string of the molecule is COc1ccc(S(=O)(=O)NCC(=O)N2CCCC(C)C2)c(C)c1. The molecule has 2 rings (SSSR count). The number of hydrogen-bond acceptors (Lipinski definition) is 4. The smallest absolute Gasteiger partial charge is 0.241 e. The number of carbonyl (C=O) groups excluding carboxylic acids is 1. The van der Waals surface area contributed by atoms with Crippen LogP contribution in [0.2, 0.25) is 0 Å². The van der Waals surface area contributed by atoms with E-state index in [1.54, 1.807) is 24.0 Å². The van der Waals surface area contributed by atoms with E-state index in [9.17, 15) is 13.2 Å². The molecule has 1 aliphatic heterocycles. The Morgan fingerprint density at radius 1 is 1.43 bits per heavy atom. The molecule has 1 aromatic carbocycles. The van der Waals surface area contributed by atoms with E-state index in [4.69, 9.17) is 4.74 Å². The molecule has 1 saturated heterocycles. The van der Waals surface area contributed by atoms with Crippen molar-refractivity contribution >= 4 is 15.9 Å². The van der Waals surface area contributed by atoms with Gasteiger partial charge in [0.05, 0.1) is 18.6 Å². The summed E-state index contributed by atoms with van der Waals surface area (Å²) in [6.45, 7) is 4.99. The van der Waals surface area contributed by atoms with E-state index in [2.05, 4.69) is 11.6 Å². The summed E-state index contributed by atoms with van der Waals surface area (Å²) in [7, 11) is -2.19. The Kier molecular flexibility index (Phi) is 5.64. The summed E-state index contributed by atoms with van der Waals surface area (Å²) in [5.41, 5.74) is 0.580. The number of nitrogens with one attached hydrogen (secondary N) is 1. The van der Waals surface area contributed by atoms with E-state index in [1.807, 2.05) is 0 Å². The van der Waals surface area contributed by atoms with Gasteiger partial charge in [-0.3, -0.25) is 4.79 Å². The van der Waals surface area contributed by atoms with E-state index in [0.717, 1.165) is 12.8 Å². The molecule has 1 N–H and O–H groups in total. The van der Waals surface area contributed by atoms with Gasteiger partial charge in [0.25, 0.3) is 0 Å². The lowest BCUT2D eigenvalue weighted by Crippen LogP contribution is -2.44. The number of carbonyl (C=O) groups is 1. The molecule has 0 spiro atoms. The van der Waals surface area contributed by atoms with E-state index < -0.39 is 10.0 Å². The molecule has 1 amide bonds. The first-order valence-electron chi connectivity index (χ1n) is 7.75.